The van der Waals surface area contributed by atoms with Crippen molar-refractivity contribution in [1.29, 1.82) is 0 Å². The van der Waals surface area contributed by atoms with Crippen LogP contribution in [0.5, 0.6) is 0 Å². The minimum Gasteiger partial charge on any atom is -0.466 e. The molecule has 6 heteroatoms. The second-order valence-corrected chi connectivity index (χ2v) is 7.09. The van der Waals surface area contributed by atoms with E-state index in [1.165, 1.54) is 0 Å². The summed E-state index contributed by atoms with van der Waals surface area (Å²) in [5.41, 5.74) is -0.984. The molecule has 0 aromatic heterocycles. The van der Waals surface area contributed by atoms with E-state index in [1.807, 2.05) is 6.92 Å². The number of fused-ring (bicyclic) bond motifs is 1. The summed E-state index contributed by atoms with van der Waals surface area (Å²) in [6, 6.07) is 0. The van der Waals surface area contributed by atoms with Gasteiger partial charge in [0.2, 0.25) is 0 Å². The van der Waals surface area contributed by atoms with Crippen LogP contribution in [0.1, 0.15) is 47.0 Å². The van der Waals surface area contributed by atoms with Crippen molar-refractivity contribution >= 4 is 17.9 Å². The summed E-state index contributed by atoms with van der Waals surface area (Å²) in [5, 5.41) is 0. The lowest BCUT2D eigenvalue weighted by Gasteiger charge is -2.28. The number of carbonyl (C=O) groups is 3. The molecule has 0 amide bonds. The van der Waals surface area contributed by atoms with Crippen LogP contribution in [0.15, 0.2) is 12.2 Å². The monoisotopic (exact) mass is 352 g/mol. The van der Waals surface area contributed by atoms with Crippen molar-refractivity contribution in [3.8, 4) is 0 Å². The summed E-state index contributed by atoms with van der Waals surface area (Å²) in [7, 11) is 0. The second-order valence-electron chi connectivity index (χ2n) is 7.09. The van der Waals surface area contributed by atoms with E-state index < -0.39 is 22.8 Å². The fraction of sp³-hybridized carbons (Fsp3) is 0.737. The van der Waals surface area contributed by atoms with E-state index in [-0.39, 0.29) is 43.9 Å². The Morgan fingerprint density at radius 2 is 1.56 bits per heavy atom. The van der Waals surface area contributed by atoms with Gasteiger partial charge in [0.25, 0.3) is 0 Å². The van der Waals surface area contributed by atoms with Crippen LogP contribution >= 0.6 is 0 Å². The molecule has 2 rings (SSSR count). The molecule has 6 nitrogen and oxygen atoms in total. The first kappa shape index (κ1) is 19.5. The van der Waals surface area contributed by atoms with Crippen LogP contribution < -0.4 is 0 Å². The topological polar surface area (TPSA) is 78.9 Å². The molecule has 2 saturated carbocycles. The molecule has 0 saturated heterocycles. The van der Waals surface area contributed by atoms with Gasteiger partial charge in [0.1, 0.15) is 0 Å². The van der Waals surface area contributed by atoms with E-state index in [9.17, 15) is 14.4 Å². The summed E-state index contributed by atoms with van der Waals surface area (Å²) in [4.78, 5) is 37.8. The third-order valence-corrected chi connectivity index (χ3v) is 5.74. The highest BCUT2D eigenvalue weighted by molar-refractivity contribution is 6.01. The molecule has 0 aliphatic heterocycles. The predicted octanol–water partition coefficient (Wildman–Crippen LogP) is 2.65. The largest absolute Gasteiger partial charge is 0.466 e. The van der Waals surface area contributed by atoms with Gasteiger partial charge in [0.05, 0.1) is 25.7 Å². The number of esters is 3. The first-order valence-corrected chi connectivity index (χ1v) is 8.96. The molecule has 140 valence electrons. The van der Waals surface area contributed by atoms with E-state index >= 15 is 0 Å². The molecule has 25 heavy (non-hydrogen) atoms. The van der Waals surface area contributed by atoms with Gasteiger partial charge >= 0.3 is 17.9 Å². The van der Waals surface area contributed by atoms with Gasteiger partial charge in [0, 0.05) is 0 Å². The normalized spacial score (nSPS) is 29.8. The Balaban J connectivity index is 2.40. The molecule has 0 radical (unpaired) electrons. The summed E-state index contributed by atoms with van der Waals surface area (Å²) < 4.78 is 15.6. The van der Waals surface area contributed by atoms with Crippen molar-refractivity contribution in [3.05, 3.63) is 12.2 Å². The Morgan fingerprint density at radius 1 is 1.04 bits per heavy atom. The minimum absolute atomic E-state index is 0.184. The number of ether oxygens (including phenoxy) is 3. The van der Waals surface area contributed by atoms with Crippen molar-refractivity contribution in [3.63, 3.8) is 0 Å². The number of allylic oxidation sites excluding steroid dienone is 1. The van der Waals surface area contributed by atoms with Gasteiger partial charge in [0.15, 0.2) is 5.41 Å². The van der Waals surface area contributed by atoms with Crippen LogP contribution in [0.4, 0.5) is 0 Å². The lowest BCUT2D eigenvalue weighted by Crippen LogP contribution is -2.41. The van der Waals surface area contributed by atoms with Gasteiger partial charge in [-0.15, -0.1) is 0 Å². The smallest absolute Gasteiger partial charge is 0.323 e. The molecule has 0 aromatic rings. The second kappa shape index (κ2) is 7.18. The fourth-order valence-electron chi connectivity index (χ4n) is 4.47. The quantitative estimate of drug-likeness (QED) is 0.316. The Morgan fingerprint density at radius 3 is 2.04 bits per heavy atom. The maximum Gasteiger partial charge on any atom is 0.323 e. The molecule has 2 fully saturated rings. The highest BCUT2D eigenvalue weighted by Gasteiger charge is 2.67. The van der Waals surface area contributed by atoms with E-state index in [1.54, 1.807) is 20.8 Å². The molecule has 0 N–H and O–H groups in total. The predicted molar refractivity (Wildman–Crippen MR) is 90.4 cm³/mol. The third kappa shape index (κ3) is 3.07. The Bertz CT molecular complexity index is 562. The molecular formula is C19H28O6. The van der Waals surface area contributed by atoms with Crippen molar-refractivity contribution in [2.45, 2.75) is 47.0 Å². The lowest BCUT2D eigenvalue weighted by atomic mass is 9.76. The van der Waals surface area contributed by atoms with E-state index in [2.05, 4.69) is 6.58 Å². The van der Waals surface area contributed by atoms with Crippen LogP contribution in [-0.2, 0) is 28.6 Å². The first-order chi connectivity index (χ1) is 11.8. The Hall–Kier alpha value is -1.85. The van der Waals surface area contributed by atoms with Gasteiger partial charge in [-0.25, -0.2) is 0 Å². The number of hydrogen-bond acceptors (Lipinski definition) is 6. The molecular weight excluding hydrogens is 324 g/mol. The number of hydrogen-bond donors (Lipinski definition) is 0. The van der Waals surface area contributed by atoms with Gasteiger partial charge in [-0.2, -0.15) is 0 Å². The zero-order chi connectivity index (χ0) is 18.8. The Kier molecular flexibility index (Phi) is 5.59. The van der Waals surface area contributed by atoms with Crippen LogP contribution in [0, 0.1) is 22.7 Å². The molecule has 3 atom stereocenters. The molecule has 0 aromatic carbocycles. The van der Waals surface area contributed by atoms with Crippen LogP contribution in [-0.4, -0.2) is 37.7 Å². The number of carbonyl (C=O) groups excluding carboxylic acids is 3. The van der Waals surface area contributed by atoms with Crippen molar-refractivity contribution in [2.75, 3.05) is 19.8 Å². The first-order valence-electron chi connectivity index (χ1n) is 8.96. The molecule has 0 unspecified atom stereocenters. The molecule has 0 bridgehead atoms. The molecule has 0 heterocycles. The maximum absolute atomic E-state index is 12.7. The summed E-state index contributed by atoms with van der Waals surface area (Å²) in [6.07, 6.45) is 1.02. The molecule has 2 aliphatic carbocycles. The zero-order valence-corrected chi connectivity index (χ0v) is 15.6. The summed E-state index contributed by atoms with van der Waals surface area (Å²) >= 11 is 0. The van der Waals surface area contributed by atoms with Gasteiger partial charge < -0.3 is 14.2 Å². The van der Waals surface area contributed by atoms with Crippen LogP contribution in [0.2, 0.25) is 0 Å². The average molecular weight is 352 g/mol. The average Bonchev–Trinajstić information content (AvgIpc) is 3.00. The standard InChI is InChI=1S/C19H28O6/c1-6-23-15(20)13-9-12(4)18(5)11-19(10-14(13)18,16(21)24-7-2)17(22)25-8-3/h13-14H,4,6-11H2,1-3,5H3/t13-,14+,18-/m1/s1. The SMILES string of the molecule is C=C1C[C@@H](C(=O)OCC)[C@@H]2CC(C(=O)OCC)(C(=O)OCC)C[C@]12C. The minimum atomic E-state index is -1.38. The van der Waals surface area contributed by atoms with Crippen molar-refractivity contribution < 1.29 is 28.6 Å². The van der Waals surface area contributed by atoms with Crippen LogP contribution in [0.3, 0.4) is 0 Å². The van der Waals surface area contributed by atoms with E-state index in [0.29, 0.717) is 13.0 Å². The zero-order valence-electron chi connectivity index (χ0n) is 15.6. The third-order valence-electron chi connectivity index (χ3n) is 5.74. The summed E-state index contributed by atoms with van der Waals surface area (Å²) in [5.74, 6) is -2.00. The highest BCUT2D eigenvalue weighted by atomic mass is 16.6. The Labute approximate surface area is 148 Å². The summed E-state index contributed by atoms with van der Waals surface area (Å²) in [6.45, 7) is 11.9. The van der Waals surface area contributed by atoms with Crippen molar-refractivity contribution in [2.24, 2.45) is 22.7 Å². The fourth-order valence-corrected chi connectivity index (χ4v) is 4.47. The van der Waals surface area contributed by atoms with Gasteiger partial charge in [-0.3, -0.25) is 14.4 Å². The van der Waals surface area contributed by atoms with Gasteiger partial charge in [-0.05, 0) is 51.4 Å². The van der Waals surface area contributed by atoms with Crippen molar-refractivity contribution in [1.82, 2.24) is 0 Å². The van der Waals surface area contributed by atoms with E-state index in [4.69, 9.17) is 14.2 Å². The van der Waals surface area contributed by atoms with Crippen LogP contribution in [0.25, 0.3) is 0 Å². The van der Waals surface area contributed by atoms with E-state index in [0.717, 1.165) is 5.57 Å². The molecule has 2 aliphatic rings. The maximum atomic E-state index is 12.7. The molecule has 0 spiro atoms. The van der Waals surface area contributed by atoms with Gasteiger partial charge in [-0.1, -0.05) is 19.1 Å². The lowest BCUT2D eigenvalue weighted by molar-refractivity contribution is -0.172. The highest BCUT2D eigenvalue weighted by Crippen LogP contribution is 2.65. The number of rotatable bonds is 6.